The van der Waals surface area contributed by atoms with Crippen LogP contribution in [0.3, 0.4) is 0 Å². The van der Waals surface area contributed by atoms with Gasteiger partial charge in [0.05, 0.1) is 18.1 Å². The molecule has 7 nitrogen and oxygen atoms in total. The van der Waals surface area contributed by atoms with Gasteiger partial charge in [-0.25, -0.2) is 0 Å². The zero-order valence-corrected chi connectivity index (χ0v) is 16.0. The first-order valence-electron chi connectivity index (χ1n) is 7.98. The first-order valence-corrected chi connectivity index (χ1v) is 8.85. The van der Waals surface area contributed by atoms with Gasteiger partial charge >= 0.3 is 6.17 Å². The number of amides is 1. The number of carbonyl (C=O) groups is 1. The molecule has 0 fully saturated rings. The topological polar surface area (TPSA) is 81.9 Å². The van der Waals surface area contributed by atoms with Crippen LogP contribution in [0.25, 0.3) is 0 Å². The Morgan fingerprint density at radius 2 is 1.70 bits per heavy atom. The minimum Gasteiger partial charge on any atom is -0.457 e. The predicted molar refractivity (Wildman–Crippen MR) is 102 cm³/mol. The zero-order valence-electron chi connectivity index (χ0n) is 14.5. The highest BCUT2D eigenvalue weighted by atomic mass is 35.5. The van der Waals surface area contributed by atoms with Gasteiger partial charge in [-0.3, -0.25) is 19.8 Å². The maximum atomic E-state index is 12.3. The number of halogens is 2. The minimum atomic E-state index is -1.45. The van der Waals surface area contributed by atoms with Crippen LogP contribution < -0.4 is 4.74 Å². The van der Waals surface area contributed by atoms with Crippen molar-refractivity contribution in [2.45, 2.75) is 11.0 Å². The van der Waals surface area contributed by atoms with Gasteiger partial charge in [0.2, 0.25) is 0 Å². The molecule has 27 heavy (non-hydrogen) atoms. The van der Waals surface area contributed by atoms with Crippen LogP contribution in [-0.2, 0) is 9.53 Å². The number of nitrogens with zero attached hydrogens (tertiary/aromatic N) is 2. The molecule has 0 saturated heterocycles. The normalized spacial score (nSPS) is 11.9. The van der Waals surface area contributed by atoms with Crippen LogP contribution in [0.5, 0.6) is 11.5 Å². The van der Waals surface area contributed by atoms with E-state index in [-0.39, 0.29) is 13.2 Å². The van der Waals surface area contributed by atoms with E-state index >= 15 is 0 Å². The van der Waals surface area contributed by atoms with Crippen molar-refractivity contribution in [3.8, 4) is 11.5 Å². The van der Waals surface area contributed by atoms with Crippen LogP contribution in [-0.4, -0.2) is 40.8 Å². The molecule has 1 unspecified atom stereocenters. The van der Waals surface area contributed by atoms with Crippen molar-refractivity contribution in [2.24, 2.45) is 0 Å². The smallest absolute Gasteiger partial charge is 0.315 e. The Labute approximate surface area is 166 Å². The molecule has 0 radical (unpaired) electrons. The van der Waals surface area contributed by atoms with Crippen LogP contribution in [0.4, 0.5) is 0 Å². The van der Waals surface area contributed by atoms with E-state index < -0.39 is 21.8 Å². The second-order valence-electron chi connectivity index (χ2n) is 5.47. The van der Waals surface area contributed by atoms with E-state index in [2.05, 4.69) is 0 Å². The standard InChI is InChI=1S/C18H18Cl2N2O5/c1-26-12-11-21(18(23)16(19)20)17(22(24)25)13-7-9-15(10-8-13)27-14-5-3-2-4-6-14/h2-10,16-17H,11-12H2,1H3. The number of alkyl halides is 2. The van der Waals surface area contributed by atoms with E-state index in [0.29, 0.717) is 17.1 Å². The Kier molecular flexibility index (Phi) is 7.84. The number of ether oxygens (including phenoxy) is 2. The maximum Gasteiger partial charge on any atom is 0.315 e. The molecule has 144 valence electrons. The fourth-order valence-electron chi connectivity index (χ4n) is 2.42. The summed E-state index contributed by atoms with van der Waals surface area (Å²) >= 11 is 11.3. The SMILES string of the molecule is COCCN(C(=O)C(Cl)Cl)C(c1ccc(Oc2ccccc2)cc1)[N+](=O)[O-]. The van der Waals surface area contributed by atoms with Gasteiger partial charge in [-0.1, -0.05) is 41.4 Å². The van der Waals surface area contributed by atoms with Gasteiger partial charge < -0.3 is 9.47 Å². The van der Waals surface area contributed by atoms with Crippen LogP contribution in [0.1, 0.15) is 11.7 Å². The molecule has 2 aromatic rings. The van der Waals surface area contributed by atoms with Crippen molar-refractivity contribution in [1.82, 2.24) is 4.90 Å². The van der Waals surface area contributed by atoms with Gasteiger partial charge in [0.25, 0.3) is 5.91 Å². The van der Waals surface area contributed by atoms with Crippen molar-refractivity contribution in [1.29, 1.82) is 0 Å². The third-order valence-electron chi connectivity index (χ3n) is 3.66. The highest BCUT2D eigenvalue weighted by Crippen LogP contribution is 2.27. The monoisotopic (exact) mass is 412 g/mol. The van der Waals surface area contributed by atoms with Gasteiger partial charge in [0.1, 0.15) is 11.5 Å². The number of rotatable bonds is 9. The molecule has 0 N–H and O–H groups in total. The average molecular weight is 413 g/mol. The van der Waals surface area contributed by atoms with Gasteiger partial charge in [-0.15, -0.1) is 0 Å². The molecule has 0 spiro atoms. The summed E-state index contributed by atoms with van der Waals surface area (Å²) in [5.74, 6) is 0.385. The lowest BCUT2D eigenvalue weighted by molar-refractivity contribution is -0.553. The summed E-state index contributed by atoms with van der Waals surface area (Å²) in [5.41, 5.74) is 0.291. The average Bonchev–Trinajstić information content (AvgIpc) is 2.66. The highest BCUT2D eigenvalue weighted by Gasteiger charge is 2.36. The van der Waals surface area contributed by atoms with Crippen LogP contribution in [0.15, 0.2) is 54.6 Å². The van der Waals surface area contributed by atoms with E-state index in [1.807, 2.05) is 18.2 Å². The first kappa shape index (κ1) is 21.0. The summed E-state index contributed by atoms with van der Waals surface area (Å²) in [6.07, 6.45) is -1.45. The number of benzene rings is 2. The Bertz CT molecular complexity index is 756. The molecule has 0 aliphatic carbocycles. The molecule has 1 atom stereocenters. The summed E-state index contributed by atoms with van der Waals surface area (Å²) in [5, 5.41) is 11.7. The number of para-hydroxylation sites is 1. The zero-order chi connectivity index (χ0) is 19.8. The summed E-state index contributed by atoms with van der Waals surface area (Å²) < 4.78 is 10.6. The van der Waals surface area contributed by atoms with E-state index in [0.717, 1.165) is 4.90 Å². The Hall–Kier alpha value is -2.35. The van der Waals surface area contributed by atoms with E-state index in [1.165, 1.54) is 19.2 Å². The van der Waals surface area contributed by atoms with Crippen LogP contribution >= 0.6 is 23.2 Å². The molecule has 0 aliphatic heterocycles. The Balaban J connectivity index is 2.26. The molecule has 9 heteroatoms. The molecular weight excluding hydrogens is 395 g/mol. The number of hydrogen-bond acceptors (Lipinski definition) is 5. The van der Waals surface area contributed by atoms with Gasteiger partial charge in [-0.05, 0) is 36.4 Å². The van der Waals surface area contributed by atoms with E-state index in [1.54, 1.807) is 24.3 Å². The second kappa shape index (κ2) is 10.1. The van der Waals surface area contributed by atoms with E-state index in [4.69, 9.17) is 32.7 Å². The van der Waals surface area contributed by atoms with Gasteiger partial charge in [0.15, 0.2) is 4.84 Å². The lowest BCUT2D eigenvalue weighted by Crippen LogP contribution is -2.43. The fraction of sp³-hybridized carbons (Fsp3) is 0.278. The second-order valence-corrected chi connectivity index (χ2v) is 6.56. The van der Waals surface area contributed by atoms with Gasteiger partial charge in [-0.2, -0.15) is 0 Å². The van der Waals surface area contributed by atoms with Crippen molar-refractivity contribution < 1.29 is 19.2 Å². The highest BCUT2D eigenvalue weighted by molar-refractivity contribution is 6.53. The van der Waals surface area contributed by atoms with E-state index in [9.17, 15) is 14.9 Å². The molecular formula is C18H18Cl2N2O5. The maximum absolute atomic E-state index is 12.3. The molecule has 2 aromatic carbocycles. The molecule has 0 saturated carbocycles. The first-order chi connectivity index (χ1) is 12.9. The molecule has 0 bridgehead atoms. The third kappa shape index (κ3) is 5.82. The van der Waals surface area contributed by atoms with Crippen LogP contribution in [0.2, 0.25) is 0 Å². The van der Waals surface area contributed by atoms with Crippen molar-refractivity contribution >= 4 is 29.1 Å². The number of carbonyl (C=O) groups excluding carboxylic acids is 1. The van der Waals surface area contributed by atoms with Crippen molar-refractivity contribution in [2.75, 3.05) is 20.3 Å². The summed E-state index contributed by atoms with van der Waals surface area (Å²) in [7, 11) is 1.43. The predicted octanol–water partition coefficient (Wildman–Crippen LogP) is 4.03. The summed E-state index contributed by atoms with van der Waals surface area (Å²) in [4.78, 5) is 22.9. The van der Waals surface area contributed by atoms with Crippen molar-refractivity contribution in [3.63, 3.8) is 0 Å². The number of hydrogen-bond donors (Lipinski definition) is 0. The molecule has 0 aliphatic rings. The summed E-state index contributed by atoms with van der Waals surface area (Å²) in [6.45, 7) is 0.0744. The quantitative estimate of drug-likeness (QED) is 0.268. The lowest BCUT2D eigenvalue weighted by atomic mass is 10.1. The Morgan fingerprint density at radius 3 is 2.22 bits per heavy atom. The third-order valence-corrected chi connectivity index (χ3v) is 4.03. The number of methoxy groups -OCH3 is 1. The largest absolute Gasteiger partial charge is 0.457 e. The Morgan fingerprint density at radius 1 is 1.11 bits per heavy atom. The van der Waals surface area contributed by atoms with Gasteiger partial charge in [0, 0.05) is 12.7 Å². The molecule has 0 aromatic heterocycles. The fourth-order valence-corrected chi connectivity index (χ4v) is 2.67. The molecule has 1 amide bonds. The minimum absolute atomic E-state index is 0.0286. The summed E-state index contributed by atoms with van der Waals surface area (Å²) in [6, 6.07) is 15.4. The van der Waals surface area contributed by atoms with Crippen molar-refractivity contribution in [3.05, 3.63) is 70.3 Å². The van der Waals surface area contributed by atoms with Crippen LogP contribution in [0, 0.1) is 10.1 Å². The lowest BCUT2D eigenvalue weighted by Gasteiger charge is -2.26. The number of nitro groups is 1. The molecule has 0 heterocycles. The molecule has 2 rings (SSSR count).